The molecule has 0 saturated carbocycles. The van der Waals surface area contributed by atoms with Crippen molar-refractivity contribution < 1.29 is 9.53 Å². The monoisotopic (exact) mass is 266 g/mol. The highest BCUT2D eigenvalue weighted by Gasteiger charge is 2.23. The molecular formula is C15H26N2O2. The SMILES string of the molecule is CCn1ncc(OC)c1C(=O)CC(C)CC(C)(C)C. The summed E-state index contributed by atoms with van der Waals surface area (Å²) in [5.41, 5.74) is 0.847. The zero-order chi connectivity index (χ0) is 14.6. The van der Waals surface area contributed by atoms with Gasteiger partial charge in [-0.3, -0.25) is 9.48 Å². The van der Waals surface area contributed by atoms with Crippen LogP contribution in [0.4, 0.5) is 0 Å². The molecule has 0 fully saturated rings. The zero-order valence-corrected chi connectivity index (χ0v) is 13.0. The first-order valence-corrected chi connectivity index (χ1v) is 6.91. The molecule has 0 aliphatic heterocycles. The van der Waals surface area contributed by atoms with Crippen LogP contribution in [0.25, 0.3) is 0 Å². The normalized spacial score (nSPS) is 13.4. The molecule has 0 aliphatic carbocycles. The summed E-state index contributed by atoms with van der Waals surface area (Å²) in [6.07, 6.45) is 3.19. The molecule has 0 aliphatic rings. The van der Waals surface area contributed by atoms with Crippen molar-refractivity contribution in [1.29, 1.82) is 0 Å². The standard InChI is InChI=1S/C15H26N2O2/c1-7-17-14(13(19-6)10-16-17)12(18)8-11(2)9-15(3,4)5/h10-11H,7-9H2,1-6H3. The van der Waals surface area contributed by atoms with E-state index in [2.05, 4.69) is 32.8 Å². The Bertz CT molecular complexity index is 408. The highest BCUT2D eigenvalue weighted by atomic mass is 16.5. The van der Waals surface area contributed by atoms with Crippen molar-refractivity contribution in [2.24, 2.45) is 11.3 Å². The number of Topliss-reactive ketones (excluding diaryl/α,β-unsaturated/α-hetero) is 1. The van der Waals surface area contributed by atoms with Gasteiger partial charge in [-0.1, -0.05) is 27.7 Å². The van der Waals surface area contributed by atoms with Gasteiger partial charge in [-0.25, -0.2) is 0 Å². The Hall–Kier alpha value is -1.32. The van der Waals surface area contributed by atoms with E-state index in [1.807, 2.05) is 6.92 Å². The minimum atomic E-state index is 0.118. The van der Waals surface area contributed by atoms with Crippen LogP contribution >= 0.6 is 0 Å². The second-order valence-corrected chi connectivity index (χ2v) is 6.37. The van der Waals surface area contributed by atoms with E-state index in [9.17, 15) is 4.79 Å². The molecule has 1 unspecified atom stereocenters. The lowest BCUT2D eigenvalue weighted by atomic mass is 9.83. The quantitative estimate of drug-likeness (QED) is 0.739. The van der Waals surface area contributed by atoms with Crippen molar-refractivity contribution in [2.45, 2.75) is 54.0 Å². The maximum atomic E-state index is 12.4. The van der Waals surface area contributed by atoms with Gasteiger partial charge in [-0.05, 0) is 24.7 Å². The van der Waals surface area contributed by atoms with E-state index >= 15 is 0 Å². The first-order valence-electron chi connectivity index (χ1n) is 6.91. The zero-order valence-electron chi connectivity index (χ0n) is 13.0. The molecule has 1 heterocycles. The Balaban J connectivity index is 2.80. The Labute approximate surface area is 116 Å². The van der Waals surface area contributed by atoms with Gasteiger partial charge in [0.2, 0.25) is 0 Å². The van der Waals surface area contributed by atoms with Crippen LogP contribution in [-0.4, -0.2) is 22.7 Å². The van der Waals surface area contributed by atoms with E-state index in [-0.39, 0.29) is 11.2 Å². The summed E-state index contributed by atoms with van der Waals surface area (Å²) >= 11 is 0. The Kier molecular flexibility index (Phi) is 5.15. The summed E-state index contributed by atoms with van der Waals surface area (Å²) in [7, 11) is 1.58. The second kappa shape index (κ2) is 6.22. The van der Waals surface area contributed by atoms with Gasteiger partial charge in [0.15, 0.2) is 11.5 Å². The van der Waals surface area contributed by atoms with Gasteiger partial charge in [-0.15, -0.1) is 0 Å². The van der Waals surface area contributed by atoms with Crippen LogP contribution in [0.2, 0.25) is 0 Å². The van der Waals surface area contributed by atoms with Crippen LogP contribution in [0, 0.1) is 11.3 Å². The van der Waals surface area contributed by atoms with Gasteiger partial charge >= 0.3 is 0 Å². The molecule has 0 amide bonds. The van der Waals surface area contributed by atoms with Crippen molar-refractivity contribution >= 4 is 5.78 Å². The predicted molar refractivity (Wildman–Crippen MR) is 76.6 cm³/mol. The number of carbonyl (C=O) groups excluding carboxylic acids is 1. The average molecular weight is 266 g/mol. The molecule has 0 spiro atoms. The number of methoxy groups -OCH3 is 1. The van der Waals surface area contributed by atoms with Crippen molar-refractivity contribution in [3.63, 3.8) is 0 Å². The number of hydrogen-bond donors (Lipinski definition) is 0. The number of nitrogens with zero attached hydrogens (tertiary/aromatic N) is 2. The lowest BCUT2D eigenvalue weighted by Crippen LogP contribution is -2.17. The number of aryl methyl sites for hydroxylation is 1. The fourth-order valence-electron chi connectivity index (χ4n) is 2.57. The Morgan fingerprint density at radius 1 is 1.47 bits per heavy atom. The van der Waals surface area contributed by atoms with E-state index in [0.29, 0.717) is 30.3 Å². The molecule has 0 bridgehead atoms. The molecule has 4 heteroatoms. The molecule has 0 aromatic carbocycles. The van der Waals surface area contributed by atoms with E-state index in [0.717, 1.165) is 6.42 Å². The van der Waals surface area contributed by atoms with Crippen LogP contribution in [-0.2, 0) is 6.54 Å². The topological polar surface area (TPSA) is 44.1 Å². The van der Waals surface area contributed by atoms with Crippen LogP contribution in [0.5, 0.6) is 5.75 Å². The van der Waals surface area contributed by atoms with Gasteiger partial charge in [0.25, 0.3) is 0 Å². The number of hydrogen-bond acceptors (Lipinski definition) is 3. The number of aromatic nitrogens is 2. The lowest BCUT2D eigenvalue weighted by molar-refractivity contribution is 0.0940. The largest absolute Gasteiger partial charge is 0.493 e. The summed E-state index contributed by atoms with van der Waals surface area (Å²) in [6, 6.07) is 0. The minimum absolute atomic E-state index is 0.118. The predicted octanol–water partition coefficient (Wildman–Crippen LogP) is 3.56. The first kappa shape index (κ1) is 15.7. The van der Waals surface area contributed by atoms with Crippen LogP contribution < -0.4 is 4.74 Å². The summed E-state index contributed by atoms with van der Waals surface area (Å²) in [6.45, 7) is 11.4. The molecule has 108 valence electrons. The lowest BCUT2D eigenvalue weighted by Gasteiger charge is -2.22. The summed E-state index contributed by atoms with van der Waals surface area (Å²) in [5.74, 6) is 1.06. The summed E-state index contributed by atoms with van der Waals surface area (Å²) < 4.78 is 6.94. The molecule has 0 N–H and O–H groups in total. The van der Waals surface area contributed by atoms with Crippen molar-refractivity contribution in [1.82, 2.24) is 9.78 Å². The van der Waals surface area contributed by atoms with Crippen LogP contribution in [0.1, 0.15) is 57.9 Å². The van der Waals surface area contributed by atoms with E-state index in [1.54, 1.807) is 18.0 Å². The number of carbonyl (C=O) groups is 1. The molecule has 1 rings (SSSR count). The minimum Gasteiger partial charge on any atom is -0.493 e. The molecule has 4 nitrogen and oxygen atoms in total. The highest BCUT2D eigenvalue weighted by Crippen LogP contribution is 2.28. The van der Waals surface area contributed by atoms with Gasteiger partial charge in [-0.2, -0.15) is 5.10 Å². The average Bonchev–Trinajstić information content (AvgIpc) is 2.68. The Morgan fingerprint density at radius 2 is 2.11 bits per heavy atom. The number of ketones is 1. The fourth-order valence-corrected chi connectivity index (χ4v) is 2.57. The maximum Gasteiger partial charge on any atom is 0.184 e. The smallest absolute Gasteiger partial charge is 0.184 e. The molecule has 1 aromatic rings. The third-order valence-corrected chi connectivity index (χ3v) is 3.08. The highest BCUT2D eigenvalue weighted by molar-refractivity contribution is 5.97. The van der Waals surface area contributed by atoms with Gasteiger partial charge in [0, 0.05) is 13.0 Å². The third kappa shape index (κ3) is 4.37. The molecule has 0 saturated heterocycles. The van der Waals surface area contributed by atoms with Gasteiger partial charge in [0.05, 0.1) is 13.3 Å². The number of rotatable bonds is 6. The van der Waals surface area contributed by atoms with Crippen molar-refractivity contribution in [3.8, 4) is 5.75 Å². The summed E-state index contributed by atoms with van der Waals surface area (Å²) in [4.78, 5) is 12.4. The Morgan fingerprint density at radius 3 is 2.58 bits per heavy atom. The third-order valence-electron chi connectivity index (χ3n) is 3.08. The fraction of sp³-hybridized carbons (Fsp3) is 0.733. The maximum absolute atomic E-state index is 12.4. The van der Waals surface area contributed by atoms with E-state index < -0.39 is 0 Å². The van der Waals surface area contributed by atoms with Gasteiger partial charge < -0.3 is 4.74 Å². The molecule has 1 aromatic heterocycles. The van der Waals surface area contributed by atoms with E-state index in [1.165, 1.54) is 0 Å². The first-order chi connectivity index (χ1) is 8.78. The molecular weight excluding hydrogens is 240 g/mol. The van der Waals surface area contributed by atoms with Gasteiger partial charge in [0.1, 0.15) is 5.69 Å². The van der Waals surface area contributed by atoms with Crippen LogP contribution in [0.3, 0.4) is 0 Å². The van der Waals surface area contributed by atoms with E-state index in [4.69, 9.17) is 4.74 Å². The molecule has 19 heavy (non-hydrogen) atoms. The number of ether oxygens (including phenoxy) is 1. The van der Waals surface area contributed by atoms with Crippen molar-refractivity contribution in [3.05, 3.63) is 11.9 Å². The van der Waals surface area contributed by atoms with Crippen LogP contribution in [0.15, 0.2) is 6.20 Å². The van der Waals surface area contributed by atoms with Crippen molar-refractivity contribution in [2.75, 3.05) is 7.11 Å². The summed E-state index contributed by atoms with van der Waals surface area (Å²) in [5, 5.41) is 4.18. The second-order valence-electron chi connectivity index (χ2n) is 6.37. The molecule has 1 atom stereocenters. The molecule has 0 radical (unpaired) electrons.